The van der Waals surface area contributed by atoms with Crippen LogP contribution in [0.4, 0.5) is 4.39 Å². The van der Waals surface area contributed by atoms with Crippen LogP contribution < -0.4 is 11.1 Å². The Hall–Kier alpha value is -1.46. The predicted molar refractivity (Wildman–Crippen MR) is 70.0 cm³/mol. The summed E-state index contributed by atoms with van der Waals surface area (Å²) in [6.07, 6.45) is 0.531. The highest BCUT2D eigenvalue weighted by Gasteiger charge is 2.14. The Balaban J connectivity index is 2.89. The van der Waals surface area contributed by atoms with Crippen molar-refractivity contribution in [3.05, 3.63) is 35.1 Å². The molecule has 0 saturated carbocycles. The summed E-state index contributed by atoms with van der Waals surface area (Å²) in [6, 6.07) is 4.62. The molecule has 4 nitrogen and oxygen atoms in total. The van der Waals surface area contributed by atoms with E-state index in [1.54, 1.807) is 12.1 Å². The summed E-state index contributed by atoms with van der Waals surface area (Å²) in [4.78, 5) is 13.3. The standard InChI is InChI=1S/C13H20FN3O/c1-16-13(18)10-5-4-9(12(14)7-10)6-11(8-15)17(2)3/h4-5,7,11H,6,8,15H2,1-3H3,(H,16,18). The summed E-state index contributed by atoms with van der Waals surface area (Å²) < 4.78 is 13.9. The fourth-order valence-corrected chi connectivity index (χ4v) is 1.73. The SMILES string of the molecule is CNC(=O)c1ccc(CC(CN)N(C)C)c(F)c1. The van der Waals surface area contributed by atoms with E-state index >= 15 is 0 Å². The van der Waals surface area contributed by atoms with Gasteiger partial charge >= 0.3 is 0 Å². The summed E-state index contributed by atoms with van der Waals surface area (Å²) in [5, 5.41) is 2.46. The monoisotopic (exact) mass is 253 g/mol. The maximum absolute atomic E-state index is 13.9. The Morgan fingerprint density at radius 3 is 2.61 bits per heavy atom. The normalized spacial score (nSPS) is 12.6. The van der Waals surface area contributed by atoms with Gasteiger partial charge in [-0.3, -0.25) is 4.79 Å². The molecule has 0 fully saturated rings. The number of nitrogens with two attached hydrogens (primary N) is 1. The van der Waals surface area contributed by atoms with Crippen LogP contribution in [0.5, 0.6) is 0 Å². The van der Waals surface area contributed by atoms with Gasteiger partial charge in [-0.1, -0.05) is 6.07 Å². The lowest BCUT2D eigenvalue weighted by Crippen LogP contribution is -2.37. The molecule has 0 radical (unpaired) electrons. The molecule has 1 unspecified atom stereocenters. The molecule has 0 aliphatic carbocycles. The first-order valence-corrected chi connectivity index (χ1v) is 5.86. The van der Waals surface area contributed by atoms with Crippen LogP contribution in [0.2, 0.25) is 0 Å². The molecule has 0 saturated heterocycles. The van der Waals surface area contributed by atoms with Gasteiger partial charge in [0.05, 0.1) is 0 Å². The second-order valence-electron chi connectivity index (χ2n) is 4.44. The van der Waals surface area contributed by atoms with Crippen molar-refractivity contribution in [3.8, 4) is 0 Å². The summed E-state index contributed by atoms with van der Waals surface area (Å²) in [5.74, 6) is -0.653. The van der Waals surface area contributed by atoms with Crippen molar-refractivity contribution in [1.82, 2.24) is 10.2 Å². The molecule has 1 atom stereocenters. The molecule has 0 heterocycles. The largest absolute Gasteiger partial charge is 0.355 e. The highest BCUT2D eigenvalue weighted by Crippen LogP contribution is 2.14. The third-order valence-electron chi connectivity index (χ3n) is 3.00. The van der Waals surface area contributed by atoms with Crippen molar-refractivity contribution in [2.45, 2.75) is 12.5 Å². The molecule has 18 heavy (non-hydrogen) atoms. The number of halogens is 1. The second kappa shape index (κ2) is 6.47. The number of nitrogens with one attached hydrogen (secondary N) is 1. The molecule has 0 spiro atoms. The molecule has 1 aromatic rings. The molecule has 1 rings (SSSR count). The number of likely N-dealkylation sites (N-methyl/N-ethyl adjacent to an activating group) is 1. The van der Waals surface area contributed by atoms with Crippen LogP contribution in [0.25, 0.3) is 0 Å². The molecule has 3 N–H and O–H groups in total. The highest BCUT2D eigenvalue weighted by molar-refractivity contribution is 5.93. The quantitative estimate of drug-likeness (QED) is 0.808. The van der Waals surface area contributed by atoms with Crippen molar-refractivity contribution in [1.29, 1.82) is 0 Å². The van der Waals surface area contributed by atoms with Gasteiger partial charge in [-0.05, 0) is 38.2 Å². The lowest BCUT2D eigenvalue weighted by atomic mass is 10.0. The number of carbonyl (C=O) groups is 1. The summed E-state index contributed by atoms with van der Waals surface area (Å²) in [7, 11) is 5.34. The maximum Gasteiger partial charge on any atom is 0.251 e. The zero-order chi connectivity index (χ0) is 13.7. The predicted octanol–water partition coefficient (Wildman–Crippen LogP) is 0.617. The van der Waals surface area contributed by atoms with Crippen LogP contribution >= 0.6 is 0 Å². The van der Waals surface area contributed by atoms with Crippen molar-refractivity contribution < 1.29 is 9.18 Å². The van der Waals surface area contributed by atoms with Crippen LogP contribution in [-0.2, 0) is 6.42 Å². The average molecular weight is 253 g/mol. The molecule has 1 amide bonds. The molecule has 1 aromatic carbocycles. The van der Waals surface area contributed by atoms with Gasteiger partial charge in [0.2, 0.25) is 0 Å². The van der Waals surface area contributed by atoms with E-state index < -0.39 is 0 Å². The van der Waals surface area contributed by atoms with E-state index in [4.69, 9.17) is 5.73 Å². The van der Waals surface area contributed by atoms with E-state index in [9.17, 15) is 9.18 Å². The van der Waals surface area contributed by atoms with Crippen molar-refractivity contribution >= 4 is 5.91 Å². The molecule has 0 aliphatic rings. The Morgan fingerprint density at radius 2 is 2.17 bits per heavy atom. The van der Waals surface area contributed by atoms with Gasteiger partial charge in [0.15, 0.2) is 0 Å². The van der Waals surface area contributed by atoms with Crippen LogP contribution in [0, 0.1) is 5.82 Å². The third kappa shape index (κ3) is 3.51. The van der Waals surface area contributed by atoms with E-state index in [1.165, 1.54) is 13.1 Å². The maximum atomic E-state index is 13.9. The van der Waals surface area contributed by atoms with Gasteiger partial charge in [0, 0.05) is 25.2 Å². The molecule has 0 bridgehead atoms. The number of amides is 1. The fourth-order valence-electron chi connectivity index (χ4n) is 1.73. The average Bonchev–Trinajstić information content (AvgIpc) is 2.35. The van der Waals surface area contributed by atoms with E-state index in [0.29, 0.717) is 24.1 Å². The van der Waals surface area contributed by atoms with Gasteiger partial charge in [0.1, 0.15) is 5.82 Å². The minimum Gasteiger partial charge on any atom is -0.355 e. The lowest BCUT2D eigenvalue weighted by Gasteiger charge is -2.22. The number of nitrogens with zero attached hydrogens (tertiary/aromatic N) is 1. The van der Waals surface area contributed by atoms with Crippen LogP contribution in [-0.4, -0.2) is 44.5 Å². The first kappa shape index (κ1) is 14.6. The summed E-state index contributed by atoms with van der Waals surface area (Å²) >= 11 is 0. The van der Waals surface area contributed by atoms with Gasteiger partial charge in [0.25, 0.3) is 5.91 Å². The number of rotatable bonds is 5. The Bertz CT molecular complexity index is 421. The Morgan fingerprint density at radius 1 is 1.50 bits per heavy atom. The third-order valence-corrected chi connectivity index (χ3v) is 3.00. The van der Waals surface area contributed by atoms with E-state index in [0.717, 1.165) is 0 Å². The number of hydrogen-bond donors (Lipinski definition) is 2. The molecule has 5 heteroatoms. The minimum atomic E-state index is -0.364. The van der Waals surface area contributed by atoms with Crippen molar-refractivity contribution in [3.63, 3.8) is 0 Å². The molecule has 0 aromatic heterocycles. The van der Waals surface area contributed by atoms with Gasteiger partial charge < -0.3 is 16.0 Å². The topological polar surface area (TPSA) is 58.4 Å². The first-order chi connectivity index (χ1) is 8.49. The van der Waals surface area contributed by atoms with Gasteiger partial charge in [-0.15, -0.1) is 0 Å². The second-order valence-corrected chi connectivity index (χ2v) is 4.44. The van der Waals surface area contributed by atoms with Crippen molar-refractivity contribution in [2.24, 2.45) is 5.73 Å². The lowest BCUT2D eigenvalue weighted by molar-refractivity contribution is 0.0962. The Labute approximate surface area is 107 Å². The van der Waals surface area contributed by atoms with Gasteiger partial charge in [-0.2, -0.15) is 0 Å². The zero-order valence-electron chi connectivity index (χ0n) is 11.0. The fraction of sp³-hybridized carbons (Fsp3) is 0.462. The van der Waals surface area contributed by atoms with Gasteiger partial charge in [-0.25, -0.2) is 4.39 Å². The Kier molecular flexibility index (Phi) is 5.25. The van der Waals surface area contributed by atoms with Crippen LogP contribution in [0.15, 0.2) is 18.2 Å². The number of carbonyl (C=O) groups excluding carboxylic acids is 1. The zero-order valence-corrected chi connectivity index (χ0v) is 11.0. The smallest absolute Gasteiger partial charge is 0.251 e. The van der Waals surface area contributed by atoms with E-state index in [1.807, 2.05) is 19.0 Å². The van der Waals surface area contributed by atoms with E-state index in [-0.39, 0.29) is 17.8 Å². The van der Waals surface area contributed by atoms with Crippen LogP contribution in [0.1, 0.15) is 15.9 Å². The minimum absolute atomic E-state index is 0.0883. The van der Waals surface area contributed by atoms with Crippen LogP contribution in [0.3, 0.4) is 0 Å². The number of benzene rings is 1. The molecule has 100 valence electrons. The summed E-state index contributed by atoms with van der Waals surface area (Å²) in [5.41, 5.74) is 6.55. The molecular formula is C13H20FN3O. The molecule has 0 aliphatic heterocycles. The first-order valence-electron chi connectivity index (χ1n) is 5.86. The van der Waals surface area contributed by atoms with E-state index in [2.05, 4.69) is 5.32 Å². The summed E-state index contributed by atoms with van der Waals surface area (Å²) in [6.45, 7) is 0.462. The highest BCUT2D eigenvalue weighted by atomic mass is 19.1. The number of hydrogen-bond acceptors (Lipinski definition) is 3. The van der Waals surface area contributed by atoms with Crippen molar-refractivity contribution in [2.75, 3.05) is 27.7 Å². The molecular weight excluding hydrogens is 233 g/mol.